The molecule has 1 N–H and O–H groups in total. The molecule has 11 heteroatoms. The number of nitrogens with one attached hydrogen (secondary N) is 1. The number of aromatic nitrogens is 2. The number of hydrogen-bond acceptors (Lipinski definition) is 6. The lowest BCUT2D eigenvalue weighted by Gasteiger charge is -2.30. The summed E-state index contributed by atoms with van der Waals surface area (Å²) in [5, 5.41) is 8.36. The van der Waals surface area contributed by atoms with Crippen molar-refractivity contribution in [2.45, 2.75) is 0 Å². The first-order valence-corrected chi connectivity index (χ1v) is 9.45. The largest absolute Gasteiger partial charge is 0.306 e. The van der Waals surface area contributed by atoms with Gasteiger partial charge in [-0.05, 0) is 12.1 Å². The molecule has 10 nitrogen and oxygen atoms in total. The van der Waals surface area contributed by atoms with Crippen LogP contribution in [0.2, 0.25) is 0 Å². The molecule has 0 aliphatic carbocycles. The van der Waals surface area contributed by atoms with Crippen molar-refractivity contribution in [3.8, 4) is 0 Å². The van der Waals surface area contributed by atoms with Gasteiger partial charge in [0.05, 0.1) is 17.9 Å². The lowest BCUT2D eigenvalue weighted by Crippen LogP contribution is -2.66. The highest BCUT2D eigenvalue weighted by molar-refractivity contribution is 7.86. The molecule has 1 fully saturated rings. The average molecular weight is 381 g/mol. The Hall–Kier alpha value is -2.50. The third kappa shape index (κ3) is 3.84. The molecule has 0 bridgehead atoms. The van der Waals surface area contributed by atoms with Gasteiger partial charge in [0.2, 0.25) is 5.27 Å². The lowest BCUT2D eigenvalue weighted by molar-refractivity contribution is -0.759. The van der Waals surface area contributed by atoms with Gasteiger partial charge in [0.1, 0.15) is 0 Å². The highest BCUT2D eigenvalue weighted by Crippen LogP contribution is 2.09. The van der Waals surface area contributed by atoms with Crippen molar-refractivity contribution in [3.63, 3.8) is 0 Å². The summed E-state index contributed by atoms with van der Waals surface area (Å²) >= 11 is 0. The van der Waals surface area contributed by atoms with E-state index in [4.69, 9.17) is 4.52 Å². The van der Waals surface area contributed by atoms with E-state index in [1.807, 2.05) is 11.1 Å². The summed E-state index contributed by atoms with van der Waals surface area (Å²) in [6.07, 6.45) is 1.55. The van der Waals surface area contributed by atoms with Crippen LogP contribution in [-0.2, 0) is 10.2 Å². The zero-order chi connectivity index (χ0) is 18.7. The SMILES string of the molecule is CN(C)S(=O)(=O)N1CCN([n+]2cc(NC(=O)c3ccccc3)on2)CC1. The molecule has 0 spiro atoms. The van der Waals surface area contributed by atoms with E-state index in [2.05, 4.69) is 10.6 Å². The summed E-state index contributed by atoms with van der Waals surface area (Å²) in [7, 11) is -0.398. The van der Waals surface area contributed by atoms with Crippen molar-refractivity contribution < 1.29 is 22.5 Å². The molecule has 1 aromatic carbocycles. The third-order valence-electron chi connectivity index (χ3n) is 4.02. The maximum atomic E-state index is 12.1. The average Bonchev–Trinajstić information content (AvgIpc) is 3.11. The van der Waals surface area contributed by atoms with E-state index in [0.717, 1.165) is 0 Å². The topological polar surface area (TPSA) is 103 Å². The first-order chi connectivity index (χ1) is 12.4. The zero-order valence-electron chi connectivity index (χ0n) is 14.6. The molecule has 0 unspecified atom stereocenters. The fourth-order valence-corrected chi connectivity index (χ4v) is 3.63. The van der Waals surface area contributed by atoms with Crippen molar-refractivity contribution in [2.75, 3.05) is 50.6 Å². The van der Waals surface area contributed by atoms with Crippen LogP contribution in [0.1, 0.15) is 10.4 Å². The molecule has 2 aromatic rings. The Balaban J connectivity index is 1.60. The number of nitrogens with zero attached hydrogens (tertiary/aromatic N) is 5. The van der Waals surface area contributed by atoms with Gasteiger partial charge in [-0.1, -0.05) is 18.2 Å². The fourth-order valence-electron chi connectivity index (χ4n) is 2.54. The maximum Gasteiger partial charge on any atom is 0.306 e. The minimum Gasteiger partial charge on any atom is -0.285 e. The van der Waals surface area contributed by atoms with Crippen LogP contribution in [0, 0.1) is 0 Å². The molecular formula is C15H21N6O4S+. The van der Waals surface area contributed by atoms with Crippen molar-refractivity contribution in [2.24, 2.45) is 0 Å². The van der Waals surface area contributed by atoms with Gasteiger partial charge in [-0.15, -0.1) is 0 Å². The van der Waals surface area contributed by atoms with Crippen LogP contribution in [-0.4, -0.2) is 68.5 Å². The summed E-state index contributed by atoms with van der Waals surface area (Å²) in [6, 6.07) is 8.77. The second-order valence-corrected chi connectivity index (χ2v) is 8.09. The lowest BCUT2D eigenvalue weighted by atomic mass is 10.2. The van der Waals surface area contributed by atoms with Crippen LogP contribution in [0.25, 0.3) is 0 Å². The van der Waals surface area contributed by atoms with E-state index in [9.17, 15) is 13.2 Å². The molecule has 0 atom stereocenters. The summed E-state index contributed by atoms with van der Waals surface area (Å²) in [5.41, 5.74) is 0.512. The Morgan fingerprint density at radius 1 is 1.19 bits per heavy atom. The van der Waals surface area contributed by atoms with Gasteiger partial charge in [0.25, 0.3) is 22.3 Å². The number of anilines is 1. The molecular weight excluding hydrogens is 360 g/mol. The van der Waals surface area contributed by atoms with Crippen LogP contribution < -0.4 is 15.1 Å². The standard InChI is InChI=1S/C15H20N6O4S/c1-18(2)26(23,24)20-10-8-19(9-11-20)21-12-14(25-17-21)16-15(22)13-6-4-3-5-7-13/h3-7,12H,8-11H2,1-2H3/p+1. The molecule has 140 valence electrons. The number of amides is 1. The molecule has 1 amide bonds. The van der Waals surface area contributed by atoms with Gasteiger partial charge in [-0.25, -0.2) is 0 Å². The molecule has 1 aromatic heterocycles. The molecule has 2 heterocycles. The number of hydrogen-bond donors (Lipinski definition) is 1. The van der Waals surface area contributed by atoms with Gasteiger partial charge in [-0.3, -0.25) is 14.6 Å². The second kappa shape index (κ2) is 7.40. The Labute approximate surface area is 151 Å². The highest BCUT2D eigenvalue weighted by atomic mass is 32.2. The Bertz CT molecular complexity index is 859. The Morgan fingerprint density at radius 3 is 2.46 bits per heavy atom. The first kappa shape index (κ1) is 18.3. The van der Waals surface area contributed by atoms with E-state index < -0.39 is 10.2 Å². The molecule has 0 radical (unpaired) electrons. The smallest absolute Gasteiger partial charge is 0.285 e. The van der Waals surface area contributed by atoms with E-state index in [0.29, 0.717) is 31.7 Å². The summed E-state index contributed by atoms with van der Waals surface area (Å²) in [6.45, 7) is 1.59. The van der Waals surface area contributed by atoms with E-state index in [1.165, 1.54) is 27.5 Å². The van der Waals surface area contributed by atoms with Crippen LogP contribution in [0.4, 0.5) is 5.88 Å². The predicted molar refractivity (Wildman–Crippen MR) is 93.2 cm³/mol. The van der Waals surface area contributed by atoms with E-state index in [1.54, 1.807) is 30.5 Å². The van der Waals surface area contributed by atoms with Gasteiger partial charge in [0, 0.05) is 32.7 Å². The molecule has 1 saturated heterocycles. The van der Waals surface area contributed by atoms with Crippen LogP contribution in [0.5, 0.6) is 0 Å². The molecule has 1 aliphatic heterocycles. The van der Waals surface area contributed by atoms with Gasteiger partial charge >= 0.3 is 5.88 Å². The Morgan fingerprint density at radius 2 is 1.85 bits per heavy atom. The first-order valence-electron chi connectivity index (χ1n) is 8.06. The van der Waals surface area contributed by atoms with E-state index in [-0.39, 0.29) is 11.8 Å². The normalized spacial score (nSPS) is 16.0. The molecule has 1 aliphatic rings. The molecule has 26 heavy (non-hydrogen) atoms. The monoisotopic (exact) mass is 381 g/mol. The van der Waals surface area contributed by atoms with Crippen molar-refractivity contribution in [3.05, 3.63) is 42.1 Å². The quantitative estimate of drug-likeness (QED) is 0.686. The van der Waals surface area contributed by atoms with Crippen molar-refractivity contribution in [1.29, 1.82) is 0 Å². The number of carbonyl (C=O) groups is 1. The van der Waals surface area contributed by atoms with Gasteiger partial charge in [-0.2, -0.15) is 22.0 Å². The predicted octanol–water partition coefficient (Wildman–Crippen LogP) is -0.726. The number of rotatable bonds is 5. The summed E-state index contributed by atoms with van der Waals surface area (Å²) < 4.78 is 32.0. The molecule has 0 saturated carbocycles. The van der Waals surface area contributed by atoms with Gasteiger partial charge < -0.3 is 0 Å². The number of benzene rings is 1. The van der Waals surface area contributed by atoms with Crippen LogP contribution >= 0.6 is 0 Å². The van der Waals surface area contributed by atoms with Crippen molar-refractivity contribution >= 4 is 22.0 Å². The van der Waals surface area contributed by atoms with Crippen molar-refractivity contribution in [1.82, 2.24) is 13.9 Å². The van der Waals surface area contributed by atoms with Crippen LogP contribution in [0.15, 0.2) is 41.1 Å². The zero-order valence-corrected chi connectivity index (χ0v) is 15.4. The Kier molecular flexibility index (Phi) is 5.20. The van der Waals surface area contributed by atoms with E-state index >= 15 is 0 Å². The minimum absolute atomic E-state index is 0.210. The molecule has 3 rings (SSSR count). The van der Waals surface area contributed by atoms with Gasteiger partial charge in [0.15, 0.2) is 0 Å². The minimum atomic E-state index is -3.42. The summed E-state index contributed by atoms with van der Waals surface area (Å²) in [4.78, 5) is 13.6. The van der Waals surface area contributed by atoms with Crippen LogP contribution in [0.3, 0.4) is 0 Å². The number of piperazine rings is 1. The number of carbonyl (C=O) groups excluding carboxylic acids is 1. The fraction of sp³-hybridized carbons (Fsp3) is 0.400. The highest BCUT2D eigenvalue weighted by Gasteiger charge is 2.32. The third-order valence-corrected chi connectivity index (χ3v) is 5.96. The summed E-state index contributed by atoms with van der Waals surface area (Å²) in [5.74, 6) is -0.0852. The second-order valence-electron chi connectivity index (χ2n) is 5.95. The maximum absolute atomic E-state index is 12.1.